The Morgan fingerprint density at radius 1 is 1.13 bits per heavy atom. The molecule has 166 valence electrons. The number of amides is 2. The Kier molecular flexibility index (Phi) is 6.48. The van der Waals surface area contributed by atoms with Gasteiger partial charge in [0.25, 0.3) is 0 Å². The highest BCUT2D eigenvalue weighted by Crippen LogP contribution is 2.30. The number of nitrogens with zero attached hydrogens (tertiary/aromatic N) is 1. The molecule has 0 bridgehead atoms. The second-order valence-electron chi connectivity index (χ2n) is 8.15. The van der Waals surface area contributed by atoms with E-state index >= 15 is 0 Å². The molecular weight excluding hydrogens is 414 g/mol. The number of carbonyl (C=O) groups is 1. The zero-order valence-electron chi connectivity index (χ0n) is 17.8. The highest BCUT2D eigenvalue weighted by molar-refractivity contribution is 7.89. The molecule has 2 aromatic rings. The summed E-state index contributed by atoms with van der Waals surface area (Å²) in [7, 11) is -2.09. The van der Waals surface area contributed by atoms with E-state index in [2.05, 4.69) is 10.0 Å². The first-order valence-corrected chi connectivity index (χ1v) is 12.3. The third-order valence-electron chi connectivity index (χ3n) is 6.04. The Bertz CT molecular complexity index is 1050. The van der Waals surface area contributed by atoms with Crippen LogP contribution in [0.2, 0.25) is 0 Å². The van der Waals surface area contributed by atoms with E-state index in [9.17, 15) is 13.2 Å². The minimum Gasteiger partial charge on any atom is -0.497 e. The third kappa shape index (κ3) is 5.02. The Balaban J connectivity index is 1.43. The molecule has 0 radical (unpaired) electrons. The molecule has 0 atom stereocenters. The maximum absolute atomic E-state index is 12.8. The molecule has 4 rings (SSSR count). The number of rotatable bonds is 6. The molecule has 1 heterocycles. The van der Waals surface area contributed by atoms with Gasteiger partial charge < -0.3 is 10.1 Å². The van der Waals surface area contributed by atoms with Crippen molar-refractivity contribution in [1.29, 1.82) is 0 Å². The summed E-state index contributed by atoms with van der Waals surface area (Å²) in [5.41, 5.74) is 2.48. The first kappa shape index (κ1) is 21.6. The van der Waals surface area contributed by atoms with Crippen molar-refractivity contribution >= 4 is 21.7 Å². The lowest BCUT2D eigenvalue weighted by Gasteiger charge is -2.26. The quantitative estimate of drug-likeness (QED) is 0.714. The summed E-state index contributed by atoms with van der Waals surface area (Å²) in [4.78, 5) is 14.7. The molecule has 7 nitrogen and oxygen atoms in total. The molecule has 2 aromatic carbocycles. The molecule has 1 fully saturated rings. The van der Waals surface area contributed by atoms with E-state index < -0.39 is 10.0 Å². The summed E-state index contributed by atoms with van der Waals surface area (Å²) in [6, 6.07) is 12.4. The van der Waals surface area contributed by atoms with Crippen molar-refractivity contribution in [3.8, 4) is 5.75 Å². The molecule has 31 heavy (non-hydrogen) atoms. The smallest absolute Gasteiger partial charge is 0.322 e. The second-order valence-corrected chi connectivity index (χ2v) is 9.92. The molecule has 2 aliphatic rings. The Labute approximate surface area is 183 Å². The van der Waals surface area contributed by atoms with Gasteiger partial charge in [0.05, 0.1) is 12.0 Å². The number of anilines is 1. The van der Waals surface area contributed by atoms with Gasteiger partial charge in [0.15, 0.2) is 0 Å². The molecule has 0 saturated heterocycles. The van der Waals surface area contributed by atoms with Gasteiger partial charge in [0.1, 0.15) is 5.75 Å². The monoisotopic (exact) mass is 443 g/mol. The molecule has 8 heteroatoms. The number of carbonyl (C=O) groups excluding carboxylic acids is 1. The van der Waals surface area contributed by atoms with E-state index in [1.807, 2.05) is 18.2 Å². The van der Waals surface area contributed by atoms with Gasteiger partial charge in [-0.1, -0.05) is 31.4 Å². The van der Waals surface area contributed by atoms with E-state index in [1.165, 1.54) is 6.42 Å². The van der Waals surface area contributed by atoms with Crippen molar-refractivity contribution in [3.05, 3.63) is 53.6 Å². The first-order valence-electron chi connectivity index (χ1n) is 10.8. The molecule has 2 amide bonds. The van der Waals surface area contributed by atoms with Gasteiger partial charge in [-0.2, -0.15) is 0 Å². The standard InChI is InChI=1S/C23H29N3O4S/c1-30-20-9-5-6-17(14-20)16-24-31(28,29)21-10-11-22-18(15-21)12-13-26(22)23(27)25-19-7-3-2-4-8-19/h5-6,9-11,14-15,19,24H,2-4,7-8,12-13,16H2,1H3,(H,25,27). The lowest BCUT2D eigenvalue weighted by atomic mass is 9.96. The summed E-state index contributed by atoms with van der Waals surface area (Å²) in [5.74, 6) is 0.681. The highest BCUT2D eigenvalue weighted by atomic mass is 32.2. The fraction of sp³-hybridized carbons (Fsp3) is 0.435. The van der Waals surface area contributed by atoms with E-state index in [0.717, 1.165) is 42.5 Å². The van der Waals surface area contributed by atoms with Crippen LogP contribution in [0, 0.1) is 0 Å². The molecule has 0 aromatic heterocycles. The number of methoxy groups -OCH3 is 1. The van der Waals surface area contributed by atoms with Crippen LogP contribution in [0.4, 0.5) is 10.5 Å². The van der Waals surface area contributed by atoms with E-state index in [-0.39, 0.29) is 23.5 Å². The number of hydrogen-bond donors (Lipinski definition) is 2. The van der Waals surface area contributed by atoms with Crippen LogP contribution in [0.1, 0.15) is 43.2 Å². The van der Waals surface area contributed by atoms with Crippen LogP contribution in [-0.2, 0) is 23.0 Å². The topological polar surface area (TPSA) is 87.7 Å². The Hall–Kier alpha value is -2.58. The van der Waals surface area contributed by atoms with Gasteiger partial charge >= 0.3 is 6.03 Å². The van der Waals surface area contributed by atoms with Crippen molar-refractivity contribution in [3.63, 3.8) is 0 Å². The van der Waals surface area contributed by atoms with Crippen LogP contribution in [0.3, 0.4) is 0 Å². The molecule has 2 N–H and O–H groups in total. The summed E-state index contributed by atoms with van der Waals surface area (Å²) in [6.45, 7) is 0.737. The lowest BCUT2D eigenvalue weighted by molar-refractivity contribution is 0.238. The van der Waals surface area contributed by atoms with Gasteiger partial charge in [-0.05, 0) is 60.7 Å². The number of fused-ring (bicyclic) bond motifs is 1. The van der Waals surface area contributed by atoms with Gasteiger partial charge in [-0.15, -0.1) is 0 Å². The average Bonchev–Trinajstić information content (AvgIpc) is 3.22. The Morgan fingerprint density at radius 2 is 1.94 bits per heavy atom. The largest absolute Gasteiger partial charge is 0.497 e. The number of ether oxygens (including phenoxy) is 1. The summed E-state index contributed by atoms with van der Waals surface area (Å²) in [6.07, 6.45) is 6.26. The van der Waals surface area contributed by atoms with Crippen LogP contribution in [0.25, 0.3) is 0 Å². The molecule has 1 aliphatic heterocycles. The number of sulfonamides is 1. The zero-order chi connectivity index (χ0) is 21.8. The fourth-order valence-corrected chi connectivity index (χ4v) is 5.37. The van der Waals surface area contributed by atoms with Crippen LogP contribution in [-0.4, -0.2) is 34.1 Å². The fourth-order valence-electron chi connectivity index (χ4n) is 4.30. The van der Waals surface area contributed by atoms with Gasteiger partial charge in [-0.3, -0.25) is 4.90 Å². The first-order chi connectivity index (χ1) is 15.0. The normalized spacial score (nSPS) is 16.7. The Morgan fingerprint density at radius 3 is 2.71 bits per heavy atom. The minimum absolute atomic E-state index is 0.0857. The molecule has 1 aliphatic carbocycles. The van der Waals surface area contributed by atoms with E-state index in [0.29, 0.717) is 18.7 Å². The molecular formula is C23H29N3O4S. The number of benzene rings is 2. The van der Waals surface area contributed by atoms with E-state index in [4.69, 9.17) is 4.74 Å². The predicted molar refractivity (Wildman–Crippen MR) is 120 cm³/mol. The molecule has 1 saturated carbocycles. The SMILES string of the molecule is COc1cccc(CNS(=O)(=O)c2ccc3c(c2)CCN3C(=O)NC2CCCCC2)c1. The van der Waals surface area contributed by atoms with Crippen molar-refractivity contribution in [1.82, 2.24) is 10.0 Å². The zero-order valence-corrected chi connectivity index (χ0v) is 18.6. The van der Waals surface area contributed by atoms with Crippen molar-refractivity contribution < 1.29 is 17.9 Å². The number of nitrogens with one attached hydrogen (secondary N) is 2. The van der Waals surface area contributed by atoms with Gasteiger partial charge in [-0.25, -0.2) is 17.9 Å². The molecule has 0 spiro atoms. The molecule has 0 unspecified atom stereocenters. The summed E-state index contributed by atoms with van der Waals surface area (Å²) >= 11 is 0. The number of hydrogen-bond acceptors (Lipinski definition) is 4. The minimum atomic E-state index is -3.67. The predicted octanol–water partition coefficient (Wildman–Crippen LogP) is 3.58. The van der Waals surface area contributed by atoms with Crippen molar-refractivity contribution in [2.75, 3.05) is 18.6 Å². The van der Waals surface area contributed by atoms with Crippen molar-refractivity contribution in [2.45, 2.75) is 56.0 Å². The van der Waals surface area contributed by atoms with E-state index in [1.54, 1.807) is 36.3 Å². The van der Waals surface area contributed by atoms with Crippen LogP contribution >= 0.6 is 0 Å². The van der Waals surface area contributed by atoms with Gasteiger partial charge in [0, 0.05) is 24.8 Å². The second kappa shape index (κ2) is 9.28. The van der Waals surface area contributed by atoms with Crippen LogP contribution < -0.4 is 19.7 Å². The average molecular weight is 444 g/mol. The summed E-state index contributed by atoms with van der Waals surface area (Å²) < 4.78 is 33.4. The van der Waals surface area contributed by atoms with Crippen LogP contribution in [0.5, 0.6) is 5.75 Å². The maximum atomic E-state index is 12.8. The maximum Gasteiger partial charge on any atom is 0.322 e. The summed E-state index contributed by atoms with van der Waals surface area (Å²) in [5, 5.41) is 3.14. The number of urea groups is 1. The van der Waals surface area contributed by atoms with Crippen LogP contribution in [0.15, 0.2) is 47.4 Å². The van der Waals surface area contributed by atoms with Gasteiger partial charge in [0.2, 0.25) is 10.0 Å². The lowest BCUT2D eigenvalue weighted by Crippen LogP contribution is -2.45. The van der Waals surface area contributed by atoms with Crippen molar-refractivity contribution in [2.24, 2.45) is 0 Å². The highest BCUT2D eigenvalue weighted by Gasteiger charge is 2.28. The third-order valence-corrected chi connectivity index (χ3v) is 7.43.